The standard InChI is InChI=1S/C19H21FN2/c20-17-6-1-3-14(12-17)11-15-4-2-5-16-13-18-7-8-21-9-10-22(18)19(15)16/h1-6,12,18,21H,7-11,13H2. The van der Waals surface area contributed by atoms with Crippen molar-refractivity contribution in [3.05, 3.63) is 65.0 Å². The Hall–Kier alpha value is -1.87. The van der Waals surface area contributed by atoms with Gasteiger partial charge in [-0.1, -0.05) is 30.3 Å². The molecule has 0 amide bonds. The Kier molecular flexibility index (Phi) is 3.59. The van der Waals surface area contributed by atoms with E-state index >= 15 is 0 Å². The van der Waals surface area contributed by atoms with Crippen LogP contribution in [0.5, 0.6) is 0 Å². The van der Waals surface area contributed by atoms with Crippen LogP contribution in [0.25, 0.3) is 0 Å². The summed E-state index contributed by atoms with van der Waals surface area (Å²) in [5, 5.41) is 3.49. The molecule has 2 aromatic carbocycles. The molecule has 0 aliphatic carbocycles. The van der Waals surface area contributed by atoms with Crippen LogP contribution in [0.15, 0.2) is 42.5 Å². The fourth-order valence-corrected chi connectivity index (χ4v) is 3.88. The number of nitrogens with zero attached hydrogens (tertiary/aromatic N) is 1. The van der Waals surface area contributed by atoms with Gasteiger partial charge < -0.3 is 10.2 Å². The van der Waals surface area contributed by atoms with Gasteiger partial charge in [0.25, 0.3) is 0 Å². The maximum absolute atomic E-state index is 13.4. The van der Waals surface area contributed by atoms with Gasteiger partial charge in [-0.3, -0.25) is 0 Å². The molecule has 22 heavy (non-hydrogen) atoms. The van der Waals surface area contributed by atoms with E-state index in [4.69, 9.17) is 0 Å². The minimum absolute atomic E-state index is 0.151. The van der Waals surface area contributed by atoms with Crippen molar-refractivity contribution in [3.8, 4) is 0 Å². The molecule has 2 aromatic rings. The van der Waals surface area contributed by atoms with Crippen molar-refractivity contribution in [1.29, 1.82) is 0 Å². The molecular formula is C19H21FN2. The van der Waals surface area contributed by atoms with E-state index in [0.29, 0.717) is 6.04 Å². The van der Waals surface area contributed by atoms with Crippen molar-refractivity contribution in [1.82, 2.24) is 5.32 Å². The van der Waals surface area contributed by atoms with Gasteiger partial charge in [-0.15, -0.1) is 0 Å². The van der Waals surface area contributed by atoms with Gasteiger partial charge in [0.15, 0.2) is 0 Å². The predicted molar refractivity (Wildman–Crippen MR) is 88.0 cm³/mol. The van der Waals surface area contributed by atoms with Crippen LogP contribution in [-0.2, 0) is 12.8 Å². The SMILES string of the molecule is Fc1cccc(Cc2cccc3c2N2CCNCCC2C3)c1. The summed E-state index contributed by atoms with van der Waals surface area (Å²) < 4.78 is 13.4. The fourth-order valence-electron chi connectivity index (χ4n) is 3.88. The quantitative estimate of drug-likeness (QED) is 0.916. The van der Waals surface area contributed by atoms with Gasteiger partial charge in [0.05, 0.1) is 0 Å². The van der Waals surface area contributed by atoms with Gasteiger partial charge in [0, 0.05) is 24.8 Å². The number of hydrogen-bond donors (Lipinski definition) is 1. The molecule has 0 spiro atoms. The topological polar surface area (TPSA) is 15.3 Å². The molecule has 1 saturated heterocycles. The first-order valence-corrected chi connectivity index (χ1v) is 8.14. The average Bonchev–Trinajstić information content (AvgIpc) is 2.71. The van der Waals surface area contributed by atoms with E-state index in [1.807, 2.05) is 6.07 Å². The smallest absolute Gasteiger partial charge is 0.123 e. The van der Waals surface area contributed by atoms with Crippen LogP contribution in [-0.4, -0.2) is 25.7 Å². The number of nitrogens with one attached hydrogen (secondary N) is 1. The van der Waals surface area contributed by atoms with E-state index in [0.717, 1.165) is 38.0 Å². The maximum Gasteiger partial charge on any atom is 0.123 e. The van der Waals surface area contributed by atoms with Gasteiger partial charge in [-0.05, 0) is 54.6 Å². The second-order valence-electron chi connectivity index (χ2n) is 6.32. The number of fused-ring (bicyclic) bond motifs is 3. The van der Waals surface area contributed by atoms with E-state index in [1.54, 1.807) is 12.1 Å². The molecule has 0 saturated carbocycles. The highest BCUT2D eigenvalue weighted by Crippen LogP contribution is 2.37. The number of rotatable bonds is 2. The lowest BCUT2D eigenvalue weighted by Gasteiger charge is -2.26. The van der Waals surface area contributed by atoms with Gasteiger partial charge in [0.2, 0.25) is 0 Å². The van der Waals surface area contributed by atoms with Gasteiger partial charge >= 0.3 is 0 Å². The van der Waals surface area contributed by atoms with Crippen molar-refractivity contribution in [3.63, 3.8) is 0 Å². The van der Waals surface area contributed by atoms with Crippen LogP contribution in [0, 0.1) is 5.82 Å². The highest BCUT2D eigenvalue weighted by Gasteiger charge is 2.31. The lowest BCUT2D eigenvalue weighted by atomic mass is 10.00. The molecule has 2 nitrogen and oxygen atoms in total. The number of para-hydroxylation sites is 1. The number of halogens is 1. The van der Waals surface area contributed by atoms with Crippen molar-refractivity contribution in [2.24, 2.45) is 0 Å². The first-order chi connectivity index (χ1) is 10.8. The van der Waals surface area contributed by atoms with Crippen LogP contribution in [0.4, 0.5) is 10.1 Å². The predicted octanol–water partition coefficient (Wildman–Crippen LogP) is 3.14. The molecular weight excluding hydrogens is 275 g/mol. The molecule has 1 unspecified atom stereocenters. The zero-order valence-electron chi connectivity index (χ0n) is 12.7. The van der Waals surface area contributed by atoms with Crippen LogP contribution < -0.4 is 10.2 Å². The molecule has 3 heteroatoms. The Morgan fingerprint density at radius 1 is 1.14 bits per heavy atom. The van der Waals surface area contributed by atoms with E-state index in [2.05, 4.69) is 28.4 Å². The summed E-state index contributed by atoms with van der Waals surface area (Å²) in [5.74, 6) is -0.151. The van der Waals surface area contributed by atoms with E-state index in [1.165, 1.54) is 29.3 Å². The van der Waals surface area contributed by atoms with Gasteiger partial charge in [-0.25, -0.2) is 4.39 Å². The third-order valence-electron chi connectivity index (χ3n) is 4.85. The molecule has 0 radical (unpaired) electrons. The summed E-state index contributed by atoms with van der Waals surface area (Å²) in [6.45, 7) is 3.22. The second kappa shape index (κ2) is 5.73. The number of hydrogen-bond acceptors (Lipinski definition) is 2. The maximum atomic E-state index is 13.4. The fraction of sp³-hybridized carbons (Fsp3) is 0.368. The Bertz CT molecular complexity index is 683. The molecule has 2 aliphatic heterocycles. The zero-order valence-corrected chi connectivity index (χ0v) is 12.7. The lowest BCUT2D eigenvalue weighted by molar-refractivity contribution is 0.612. The minimum Gasteiger partial charge on any atom is -0.366 e. The summed E-state index contributed by atoms with van der Waals surface area (Å²) in [6, 6.07) is 14.2. The third kappa shape index (κ3) is 2.50. The van der Waals surface area contributed by atoms with Crippen molar-refractivity contribution in [2.75, 3.05) is 24.5 Å². The largest absolute Gasteiger partial charge is 0.366 e. The summed E-state index contributed by atoms with van der Waals surface area (Å²) in [7, 11) is 0. The first-order valence-electron chi connectivity index (χ1n) is 8.14. The molecule has 2 aliphatic rings. The Labute approximate surface area is 131 Å². The molecule has 1 atom stereocenters. The molecule has 1 N–H and O–H groups in total. The first kappa shape index (κ1) is 13.8. The van der Waals surface area contributed by atoms with Crippen LogP contribution in [0.2, 0.25) is 0 Å². The average molecular weight is 296 g/mol. The van der Waals surface area contributed by atoms with Crippen molar-refractivity contribution in [2.45, 2.75) is 25.3 Å². The lowest BCUT2D eigenvalue weighted by Crippen LogP contribution is -2.33. The van der Waals surface area contributed by atoms with Gasteiger partial charge in [0.1, 0.15) is 5.82 Å². The molecule has 0 aromatic heterocycles. The second-order valence-corrected chi connectivity index (χ2v) is 6.32. The van der Waals surface area contributed by atoms with Gasteiger partial charge in [-0.2, -0.15) is 0 Å². The number of benzene rings is 2. The number of anilines is 1. The molecule has 2 heterocycles. The van der Waals surface area contributed by atoms with E-state index < -0.39 is 0 Å². The zero-order chi connectivity index (χ0) is 14.9. The Morgan fingerprint density at radius 3 is 2.95 bits per heavy atom. The Morgan fingerprint density at radius 2 is 2.05 bits per heavy atom. The molecule has 0 bridgehead atoms. The minimum atomic E-state index is -0.151. The monoisotopic (exact) mass is 296 g/mol. The summed E-state index contributed by atoms with van der Waals surface area (Å²) >= 11 is 0. The van der Waals surface area contributed by atoms with Crippen molar-refractivity contribution >= 4 is 5.69 Å². The summed E-state index contributed by atoms with van der Waals surface area (Å²) in [6.07, 6.45) is 3.15. The molecule has 1 fully saturated rings. The molecule has 4 rings (SSSR count). The third-order valence-corrected chi connectivity index (χ3v) is 4.85. The summed E-state index contributed by atoms with van der Waals surface area (Å²) in [4.78, 5) is 2.57. The molecule has 114 valence electrons. The highest BCUT2D eigenvalue weighted by atomic mass is 19.1. The van der Waals surface area contributed by atoms with Crippen molar-refractivity contribution < 1.29 is 4.39 Å². The van der Waals surface area contributed by atoms with Crippen LogP contribution in [0.3, 0.4) is 0 Å². The summed E-state index contributed by atoms with van der Waals surface area (Å²) in [5.41, 5.74) is 5.23. The highest BCUT2D eigenvalue weighted by molar-refractivity contribution is 5.65. The van der Waals surface area contributed by atoms with E-state index in [9.17, 15) is 4.39 Å². The van der Waals surface area contributed by atoms with Crippen LogP contribution in [0.1, 0.15) is 23.1 Å². The Balaban J connectivity index is 1.69. The van der Waals surface area contributed by atoms with Crippen LogP contribution >= 0.6 is 0 Å². The van der Waals surface area contributed by atoms with E-state index in [-0.39, 0.29) is 5.82 Å². The normalized spacial score (nSPS) is 20.4.